The van der Waals surface area contributed by atoms with Crippen molar-refractivity contribution in [2.75, 3.05) is 0 Å². The van der Waals surface area contributed by atoms with Crippen molar-refractivity contribution in [2.45, 2.75) is 98.0 Å². The van der Waals surface area contributed by atoms with Gasteiger partial charge in [0.25, 0.3) is 0 Å². The van der Waals surface area contributed by atoms with E-state index >= 15 is 0 Å². The summed E-state index contributed by atoms with van der Waals surface area (Å²) >= 11 is -4.37. The fourth-order valence-corrected chi connectivity index (χ4v) is 27.0. The summed E-state index contributed by atoms with van der Waals surface area (Å²) in [5.74, 6) is 0.382. The molecule has 0 amide bonds. The fourth-order valence-electron chi connectivity index (χ4n) is 10.2. The summed E-state index contributed by atoms with van der Waals surface area (Å²) in [6.07, 6.45) is 8.61. The minimum absolute atomic E-state index is 0. The molecule has 0 N–H and O–H groups in total. The molecule has 0 aromatic heterocycles. The third-order valence-electron chi connectivity index (χ3n) is 12.3. The molecule has 0 bridgehead atoms. The van der Waals surface area contributed by atoms with Gasteiger partial charge in [-0.3, -0.25) is 0 Å². The molecular weight excluding hydrogens is 691 g/mol. The monoisotopic (exact) mass is 742 g/mol. The zero-order valence-corrected chi connectivity index (χ0v) is 34.7. The Kier molecular flexibility index (Phi) is 8.46. The van der Waals surface area contributed by atoms with Gasteiger partial charge in [-0.15, -0.1) is 24.8 Å². The van der Waals surface area contributed by atoms with Crippen LogP contribution in [0.2, 0.25) is 4.63 Å². The summed E-state index contributed by atoms with van der Waals surface area (Å²) < 4.78 is 13.0. The molecule has 0 spiro atoms. The van der Waals surface area contributed by atoms with E-state index in [1.165, 1.54) is 70.1 Å². The number of fused-ring (bicyclic) bond motifs is 5. The molecule has 248 valence electrons. The number of benzene rings is 3. The second kappa shape index (κ2) is 11.0. The van der Waals surface area contributed by atoms with Gasteiger partial charge in [-0.25, -0.2) is 0 Å². The van der Waals surface area contributed by atoms with Crippen molar-refractivity contribution >= 4 is 43.4 Å². The van der Waals surface area contributed by atoms with Gasteiger partial charge >= 0.3 is 275 Å². The molecule has 3 aromatic rings. The summed E-state index contributed by atoms with van der Waals surface area (Å²) in [5.41, 5.74) is 17.5. The van der Waals surface area contributed by atoms with Crippen LogP contribution in [0.15, 0.2) is 78.9 Å². The van der Waals surface area contributed by atoms with Gasteiger partial charge in [-0.05, 0) is 0 Å². The zero-order valence-electron chi connectivity index (χ0n) is 30.7. The SMILES string of the molecule is Cl.Cl.[CH2]=[Zr]([CH3])([C]1=CC(C(C)(C)C)=CC1C)([C]1=C(C)c2cc3c(cc2C1(C)C)Cc1cc2c(cc1-3)C(C)=CC2(C)C)[c]1ccc(C)cc1. The van der Waals surface area contributed by atoms with E-state index in [2.05, 4.69) is 148 Å². The molecule has 7 rings (SSSR count). The van der Waals surface area contributed by atoms with Gasteiger partial charge in [-0.1, -0.05) is 0 Å². The first kappa shape index (κ1) is 36.2. The summed E-state index contributed by atoms with van der Waals surface area (Å²) in [6, 6.07) is 19.7. The predicted molar refractivity (Wildman–Crippen MR) is 210 cm³/mol. The Morgan fingerprint density at radius 3 is 1.89 bits per heavy atom. The van der Waals surface area contributed by atoms with Crippen molar-refractivity contribution in [1.82, 2.24) is 0 Å². The molecular formula is C44H54Cl2Zr. The molecule has 0 fully saturated rings. The molecule has 0 heterocycles. The van der Waals surface area contributed by atoms with E-state index in [1.54, 1.807) is 6.56 Å². The molecule has 4 aliphatic rings. The van der Waals surface area contributed by atoms with Crippen molar-refractivity contribution in [3.05, 3.63) is 118 Å². The van der Waals surface area contributed by atoms with Crippen LogP contribution in [-0.4, -0.2) is 4.21 Å². The summed E-state index contributed by atoms with van der Waals surface area (Å²) in [5, 5.41) is 0. The third-order valence-corrected chi connectivity index (χ3v) is 28.1. The first-order chi connectivity index (χ1) is 20.7. The van der Waals surface area contributed by atoms with E-state index in [-0.39, 0.29) is 41.1 Å². The van der Waals surface area contributed by atoms with Gasteiger partial charge in [0.2, 0.25) is 0 Å². The first-order valence-electron chi connectivity index (χ1n) is 17.1. The molecule has 0 aliphatic heterocycles. The van der Waals surface area contributed by atoms with Crippen LogP contribution in [0.1, 0.15) is 108 Å². The number of allylic oxidation sites excluding steroid dienone is 8. The van der Waals surface area contributed by atoms with Crippen LogP contribution in [0.4, 0.5) is 0 Å². The van der Waals surface area contributed by atoms with E-state index < -0.39 is 18.3 Å². The molecule has 3 aromatic carbocycles. The maximum absolute atomic E-state index is 5.58. The average molecular weight is 745 g/mol. The van der Waals surface area contributed by atoms with Crippen LogP contribution in [0.3, 0.4) is 0 Å². The van der Waals surface area contributed by atoms with Gasteiger partial charge in [0, 0.05) is 0 Å². The van der Waals surface area contributed by atoms with E-state index in [0.717, 1.165) is 6.42 Å². The molecule has 4 aliphatic carbocycles. The Labute approximate surface area is 298 Å². The van der Waals surface area contributed by atoms with Crippen molar-refractivity contribution in [2.24, 2.45) is 11.3 Å². The Bertz CT molecular complexity index is 2050. The van der Waals surface area contributed by atoms with Crippen molar-refractivity contribution in [3.63, 3.8) is 0 Å². The third kappa shape index (κ3) is 4.95. The Morgan fingerprint density at radius 2 is 1.34 bits per heavy atom. The minimum atomic E-state index is -4.37. The van der Waals surface area contributed by atoms with Gasteiger partial charge in [-0.2, -0.15) is 0 Å². The van der Waals surface area contributed by atoms with Crippen molar-refractivity contribution in [1.29, 1.82) is 0 Å². The normalized spacial score (nSPS) is 20.4. The molecule has 0 saturated heterocycles. The van der Waals surface area contributed by atoms with Crippen LogP contribution in [0.5, 0.6) is 0 Å². The Morgan fingerprint density at radius 1 is 0.787 bits per heavy atom. The fraction of sp³-hybridized carbons (Fsp3) is 0.386. The predicted octanol–water partition coefficient (Wildman–Crippen LogP) is 12.1. The van der Waals surface area contributed by atoms with Crippen LogP contribution in [0.25, 0.3) is 22.3 Å². The van der Waals surface area contributed by atoms with Gasteiger partial charge in [0.1, 0.15) is 0 Å². The van der Waals surface area contributed by atoms with E-state index in [0.29, 0.717) is 5.92 Å². The number of rotatable bonds is 3. The average Bonchev–Trinajstić information content (AvgIpc) is 3.62. The molecule has 0 nitrogen and oxygen atoms in total. The summed E-state index contributed by atoms with van der Waals surface area (Å²) in [7, 11) is 0. The number of halogens is 2. The standard InChI is InChI=1S/C25H25.C10H15.C7H7.CH3.CH2.2ClH.Zr/c1-14-12-24(3,4)22-8-16-7-17-9-23-19(15(2)13-25(23,5)6)11-21(17)20(16)10-18(14)22;1-8-5-6-9(7-8)10(2,3)4;1-7-5-3-2-4-6-7;;;;;/h8-12H,7H2,1-6H3;6-8H,1-4H3;3-6H,1H3;1H3;1H2;2*1H;. The van der Waals surface area contributed by atoms with Gasteiger partial charge < -0.3 is 0 Å². The van der Waals surface area contributed by atoms with Crippen LogP contribution < -0.4 is 3.27 Å². The maximum atomic E-state index is 5.58. The number of hydrogen-bond acceptors (Lipinski definition) is 0. The van der Waals surface area contributed by atoms with Gasteiger partial charge in [0.15, 0.2) is 0 Å². The quantitative estimate of drug-likeness (QED) is 0.196. The summed E-state index contributed by atoms with van der Waals surface area (Å²) in [4.78, 5) is 0. The van der Waals surface area contributed by atoms with Crippen molar-refractivity contribution in [3.8, 4) is 11.1 Å². The van der Waals surface area contributed by atoms with Crippen LogP contribution >= 0.6 is 24.8 Å². The first-order valence-corrected chi connectivity index (χ1v) is 25.0. The van der Waals surface area contributed by atoms with E-state index in [1.807, 2.05) is 0 Å². The van der Waals surface area contributed by atoms with Crippen LogP contribution in [-0.2, 0) is 35.5 Å². The van der Waals surface area contributed by atoms with Crippen molar-refractivity contribution < 1.29 is 18.3 Å². The molecule has 1 atom stereocenters. The van der Waals surface area contributed by atoms with Gasteiger partial charge in [0.05, 0.1) is 0 Å². The van der Waals surface area contributed by atoms with E-state index in [9.17, 15) is 0 Å². The molecule has 0 radical (unpaired) electrons. The molecule has 1 unspecified atom stereocenters. The Hall–Kier alpha value is -2.05. The topological polar surface area (TPSA) is 0 Å². The van der Waals surface area contributed by atoms with Crippen LogP contribution in [0, 0.1) is 18.3 Å². The second-order valence-electron chi connectivity index (χ2n) is 17.6. The zero-order chi connectivity index (χ0) is 32.7. The summed E-state index contributed by atoms with van der Waals surface area (Å²) in [6.45, 7) is 26.1. The number of hydrogen-bond donors (Lipinski definition) is 0. The Balaban J connectivity index is 0.00000217. The van der Waals surface area contributed by atoms with E-state index in [4.69, 9.17) is 4.21 Å². The second-order valence-corrected chi connectivity index (χ2v) is 31.5. The molecule has 0 saturated carbocycles. The molecule has 47 heavy (non-hydrogen) atoms. The number of aryl methyl sites for hydroxylation is 1. The molecule has 3 heteroatoms.